The molecule has 0 aliphatic heterocycles. The first kappa shape index (κ1) is 64.1. The molecule has 3 aromatic rings. The molecule has 4 atom stereocenters. The van der Waals surface area contributed by atoms with Crippen LogP contribution in [0.3, 0.4) is 0 Å². The average Bonchev–Trinajstić information content (AvgIpc) is 3.40. The van der Waals surface area contributed by atoms with Gasteiger partial charge in [-0.15, -0.1) is 70.6 Å². The van der Waals surface area contributed by atoms with Gasteiger partial charge in [0.05, 0.1) is 99.7 Å². The fourth-order valence-corrected chi connectivity index (χ4v) is 14.4. The van der Waals surface area contributed by atoms with Gasteiger partial charge in [-0.25, -0.2) is 0 Å². The number of thioether (sulfide) groups is 6. The lowest BCUT2D eigenvalue weighted by Crippen LogP contribution is -2.29. The van der Waals surface area contributed by atoms with E-state index in [1.54, 1.807) is 70.6 Å². The van der Waals surface area contributed by atoms with Crippen molar-refractivity contribution in [1.82, 2.24) is 0 Å². The summed E-state index contributed by atoms with van der Waals surface area (Å²) in [6.07, 6.45) is 18.1. The highest BCUT2D eigenvalue weighted by molar-refractivity contribution is 8.00. The van der Waals surface area contributed by atoms with E-state index in [0.29, 0.717) is 76.3 Å². The van der Waals surface area contributed by atoms with Crippen LogP contribution in [0.4, 0.5) is 34.1 Å². The first-order chi connectivity index (χ1) is 36.1. The maximum atomic E-state index is 11.0. The van der Waals surface area contributed by atoms with E-state index in [1.165, 1.54) is 0 Å². The molecule has 0 aromatic heterocycles. The molecule has 5 rings (SSSR count). The van der Waals surface area contributed by atoms with E-state index < -0.39 is 24.4 Å². The Morgan fingerprint density at radius 2 is 0.667 bits per heavy atom. The minimum Gasteiger partial charge on any atom is -0.397 e. The Kier molecular flexibility index (Phi) is 28.8. The Hall–Kier alpha value is -1.76. The number of benzene rings is 3. The zero-order valence-electron chi connectivity index (χ0n) is 46.0. The first-order valence-electron chi connectivity index (χ1n) is 26.4. The van der Waals surface area contributed by atoms with Crippen LogP contribution >= 0.6 is 70.6 Å². The minimum atomic E-state index is -0.677. The lowest BCUT2D eigenvalue weighted by Gasteiger charge is -2.29. The van der Waals surface area contributed by atoms with E-state index in [1.807, 2.05) is 25.0 Å². The molecular weight excluding hydrogens is 1070 g/mol. The quantitative estimate of drug-likeness (QED) is 0.0199. The second-order valence-electron chi connectivity index (χ2n) is 20.2. The lowest BCUT2D eigenvalue weighted by molar-refractivity contribution is 0.000943. The summed E-state index contributed by atoms with van der Waals surface area (Å²) in [5, 5.41) is 57.3. The van der Waals surface area contributed by atoms with E-state index >= 15 is 0 Å². The second kappa shape index (κ2) is 33.7. The summed E-state index contributed by atoms with van der Waals surface area (Å²) in [4.78, 5) is 6.30. The third-order valence-electron chi connectivity index (χ3n) is 14.3. The molecule has 0 amide bonds. The van der Waals surface area contributed by atoms with Gasteiger partial charge < -0.3 is 72.1 Å². The Morgan fingerprint density at radius 3 is 0.933 bits per heavy atom. The van der Waals surface area contributed by atoms with Gasteiger partial charge in [0.15, 0.2) is 0 Å². The molecule has 424 valence electrons. The number of nitrogen functional groups attached to an aromatic ring is 2. The first-order valence-corrected chi connectivity index (χ1v) is 33.8. The van der Waals surface area contributed by atoms with Crippen molar-refractivity contribution < 1.29 is 39.4 Å². The number of nitrogens with two attached hydrogens (primary N) is 2. The second-order valence-corrected chi connectivity index (χ2v) is 25.2. The molecule has 2 aliphatic carbocycles. The van der Waals surface area contributed by atoms with Crippen LogP contribution in [0.5, 0.6) is 0 Å². The molecule has 75 heavy (non-hydrogen) atoms. The van der Waals surface area contributed by atoms with Crippen molar-refractivity contribution in [3.8, 4) is 0 Å². The number of hydrogen-bond donors (Lipinski definition) is 10. The lowest BCUT2D eigenvalue weighted by atomic mass is 9.83. The van der Waals surface area contributed by atoms with Gasteiger partial charge in [-0.05, 0) is 168 Å². The van der Waals surface area contributed by atoms with Crippen LogP contribution < -0.4 is 32.7 Å². The van der Waals surface area contributed by atoms with Crippen LogP contribution in [-0.2, 0) is 18.9 Å². The van der Waals surface area contributed by atoms with Crippen LogP contribution in [0.2, 0.25) is 0 Å². The predicted molar refractivity (Wildman–Crippen MR) is 325 cm³/mol. The number of hydrogen-bond acceptors (Lipinski definition) is 20. The van der Waals surface area contributed by atoms with Crippen molar-refractivity contribution in [2.24, 2.45) is 23.7 Å². The fourth-order valence-electron chi connectivity index (χ4n) is 9.98. The van der Waals surface area contributed by atoms with Gasteiger partial charge >= 0.3 is 0 Å². The van der Waals surface area contributed by atoms with E-state index in [2.05, 4.69) is 72.7 Å². The topological polar surface area (TPSA) is 218 Å². The molecule has 4 unspecified atom stereocenters. The highest BCUT2D eigenvalue weighted by Gasteiger charge is 2.25. The van der Waals surface area contributed by atoms with Crippen molar-refractivity contribution in [2.75, 3.05) is 149 Å². The molecule has 0 radical (unpaired) electrons. The third kappa shape index (κ3) is 19.8. The maximum Gasteiger partial charge on any atom is 0.0945 e. The number of ether oxygens (including phenoxy) is 4. The van der Waals surface area contributed by atoms with Crippen LogP contribution in [0, 0.1) is 44.4 Å². The zero-order chi connectivity index (χ0) is 54.4. The molecule has 0 saturated heterocycles. The Labute approximate surface area is 474 Å². The molecule has 2 fully saturated rings. The monoisotopic (exact) mass is 1150 g/mol. The van der Waals surface area contributed by atoms with Crippen molar-refractivity contribution in [1.29, 1.82) is 0 Å². The maximum absolute atomic E-state index is 11.0. The molecule has 0 spiro atoms. The molecule has 20 heteroatoms. The molecule has 14 nitrogen and oxygen atoms in total. The standard InChI is InChI=1S/C55H90N6O8S6/c1-33-18-44(70-4)47(56)53(73-7)49(33)58-21-40(62)29-66-25-36-10-12-38(13-11-36)27-68-31-42(64)23-60-51-35(3)20-46(72-6)52(55(51)75-9)61-24-43(65)32-69-28-39-16-14-37(15-17-39)26-67-30-41(63)22-59-50-34(2)19-45(71-5)48(57)54(50)74-8/h18-20,36-43,58-65H,10-17,21-32,56-57H2,1-9H3. The highest BCUT2D eigenvalue weighted by Crippen LogP contribution is 2.44. The summed E-state index contributed by atoms with van der Waals surface area (Å²) in [5.74, 6) is 1.84. The normalized spacial score (nSPS) is 19.6. The van der Waals surface area contributed by atoms with Gasteiger partial charge in [0.1, 0.15) is 0 Å². The highest BCUT2D eigenvalue weighted by atomic mass is 32.2. The van der Waals surface area contributed by atoms with Gasteiger partial charge in [-0.1, -0.05) is 0 Å². The predicted octanol–water partition coefficient (Wildman–Crippen LogP) is 10.3. The smallest absolute Gasteiger partial charge is 0.0945 e. The molecular formula is C55H90N6O8S6. The van der Waals surface area contributed by atoms with Crippen LogP contribution in [0.25, 0.3) is 0 Å². The van der Waals surface area contributed by atoms with E-state index in [4.69, 9.17) is 30.4 Å². The van der Waals surface area contributed by atoms with Gasteiger partial charge in [0, 0.05) is 67.3 Å². The fraction of sp³-hybridized carbons (Fsp3) is 0.673. The number of rotatable bonds is 34. The molecule has 3 aromatic carbocycles. The molecule has 2 saturated carbocycles. The van der Waals surface area contributed by atoms with Crippen LogP contribution in [0.1, 0.15) is 68.1 Å². The van der Waals surface area contributed by atoms with Gasteiger partial charge in [0.2, 0.25) is 0 Å². The summed E-state index contributed by atoms with van der Waals surface area (Å²) in [5.41, 5.74) is 21.6. The number of aliphatic hydroxyl groups is 4. The summed E-state index contributed by atoms with van der Waals surface area (Å²) in [6.45, 7) is 11.3. The SMILES string of the molecule is CSc1cc(C)c(NCC(O)COCC2CCC(COCC(O)CNc3c(C)cc(SC)c(NCC(O)COCC4CCC(COCC(O)CNc5c(C)cc(SC)c(N)c5SC)CC4)c3SC)CC2)c(SC)c1N. The summed E-state index contributed by atoms with van der Waals surface area (Å²) in [6, 6.07) is 6.34. The Balaban J connectivity index is 0.931. The van der Waals surface area contributed by atoms with E-state index in [0.717, 1.165) is 132 Å². The molecule has 0 heterocycles. The van der Waals surface area contributed by atoms with E-state index in [-0.39, 0.29) is 26.4 Å². The third-order valence-corrected chi connectivity index (χ3v) is 19.1. The molecule has 2 aliphatic rings. The number of nitrogens with one attached hydrogen (secondary N) is 4. The number of aryl methyl sites for hydroxylation is 3. The van der Waals surface area contributed by atoms with E-state index in [9.17, 15) is 20.4 Å². The van der Waals surface area contributed by atoms with Crippen molar-refractivity contribution in [3.63, 3.8) is 0 Å². The van der Waals surface area contributed by atoms with Gasteiger partial charge in [-0.2, -0.15) is 0 Å². The van der Waals surface area contributed by atoms with Gasteiger partial charge in [0.25, 0.3) is 0 Å². The van der Waals surface area contributed by atoms with Gasteiger partial charge in [-0.3, -0.25) is 0 Å². The largest absolute Gasteiger partial charge is 0.397 e. The summed E-state index contributed by atoms with van der Waals surface area (Å²) in [7, 11) is 0. The van der Waals surface area contributed by atoms with Crippen molar-refractivity contribution in [2.45, 2.75) is 126 Å². The Morgan fingerprint density at radius 1 is 0.413 bits per heavy atom. The average molecular weight is 1160 g/mol. The minimum absolute atomic E-state index is 0.255. The Bertz CT molecular complexity index is 2190. The number of anilines is 6. The summed E-state index contributed by atoms with van der Waals surface area (Å²) >= 11 is 9.82. The summed E-state index contributed by atoms with van der Waals surface area (Å²) < 4.78 is 24.1. The molecule has 0 bridgehead atoms. The zero-order valence-corrected chi connectivity index (χ0v) is 50.9. The van der Waals surface area contributed by atoms with Crippen molar-refractivity contribution >= 4 is 105 Å². The van der Waals surface area contributed by atoms with Crippen LogP contribution in [0.15, 0.2) is 47.6 Å². The molecule has 12 N–H and O–H groups in total. The number of aliphatic hydroxyl groups excluding tert-OH is 4. The van der Waals surface area contributed by atoms with Crippen molar-refractivity contribution in [3.05, 3.63) is 34.9 Å². The van der Waals surface area contributed by atoms with Crippen LogP contribution in [-0.4, -0.2) is 161 Å².